The number of carbonyl (C=O) groups excluding carboxylic acids is 1. The number of para-hydroxylation sites is 1. The summed E-state index contributed by atoms with van der Waals surface area (Å²) in [7, 11) is 1.61. The van der Waals surface area contributed by atoms with Crippen LogP contribution in [0.25, 0.3) is 5.69 Å². The van der Waals surface area contributed by atoms with Gasteiger partial charge in [-0.05, 0) is 31.5 Å². The largest absolute Gasteiger partial charge is 0.487 e. The third kappa shape index (κ3) is 5.20. The van der Waals surface area contributed by atoms with Crippen molar-refractivity contribution in [1.82, 2.24) is 20.4 Å². The Hall–Kier alpha value is -2.09. The fourth-order valence-electron chi connectivity index (χ4n) is 2.80. The smallest absolute Gasteiger partial charge is 0.275 e. The molecule has 2 heterocycles. The zero-order chi connectivity index (χ0) is 17.5. The van der Waals surface area contributed by atoms with Gasteiger partial charge in [-0.3, -0.25) is 4.79 Å². The van der Waals surface area contributed by atoms with Gasteiger partial charge < -0.3 is 20.1 Å². The van der Waals surface area contributed by atoms with E-state index >= 15 is 0 Å². The van der Waals surface area contributed by atoms with Gasteiger partial charge in [-0.25, -0.2) is 4.68 Å². The third-order valence-electron chi connectivity index (χ3n) is 4.09. The average Bonchev–Trinajstić information content (AvgIpc) is 3.08. The lowest BCUT2D eigenvalue weighted by molar-refractivity contribution is 0.0917. The first-order valence-corrected chi connectivity index (χ1v) is 8.56. The maximum absolute atomic E-state index is 12.7. The van der Waals surface area contributed by atoms with E-state index in [0.717, 1.165) is 31.6 Å². The van der Waals surface area contributed by atoms with Gasteiger partial charge in [-0.2, -0.15) is 5.10 Å². The second-order valence-electron chi connectivity index (χ2n) is 5.98. The molecule has 1 amide bonds. The monoisotopic (exact) mass is 380 g/mol. The van der Waals surface area contributed by atoms with Crippen LogP contribution >= 0.6 is 12.4 Å². The molecule has 1 fully saturated rings. The van der Waals surface area contributed by atoms with E-state index in [4.69, 9.17) is 9.47 Å². The van der Waals surface area contributed by atoms with Crippen LogP contribution in [0, 0.1) is 0 Å². The van der Waals surface area contributed by atoms with Crippen molar-refractivity contribution < 1.29 is 14.3 Å². The van der Waals surface area contributed by atoms with Crippen LogP contribution < -0.4 is 15.4 Å². The molecule has 2 N–H and O–H groups in total. The zero-order valence-corrected chi connectivity index (χ0v) is 15.6. The molecule has 3 rings (SSSR count). The van der Waals surface area contributed by atoms with Gasteiger partial charge in [0.25, 0.3) is 5.91 Å². The molecule has 2 aromatic rings. The third-order valence-corrected chi connectivity index (χ3v) is 4.09. The lowest BCUT2D eigenvalue weighted by Gasteiger charge is -2.23. The SMILES string of the molecule is COCCOc1cn(-c2ccccc2)nc1C(=O)N[C@H]1CCCNC1.Cl. The van der Waals surface area contributed by atoms with Crippen LogP contribution in [0.2, 0.25) is 0 Å². The number of hydrogen-bond acceptors (Lipinski definition) is 5. The van der Waals surface area contributed by atoms with Gasteiger partial charge in [0.05, 0.1) is 18.5 Å². The van der Waals surface area contributed by atoms with Crippen LogP contribution in [-0.4, -0.2) is 55.1 Å². The molecule has 1 aromatic heterocycles. The predicted octanol–water partition coefficient (Wildman–Crippen LogP) is 1.80. The number of carbonyl (C=O) groups is 1. The number of halogens is 1. The summed E-state index contributed by atoms with van der Waals surface area (Å²) < 4.78 is 12.4. The standard InChI is InChI=1S/C18H24N4O3.ClH/c1-24-10-11-25-16-13-22(15-7-3-2-4-8-15)21-17(16)18(23)20-14-6-5-9-19-12-14;/h2-4,7-8,13-14,19H,5-6,9-12H2,1H3,(H,20,23);1H/t14-;/m0./s1. The summed E-state index contributed by atoms with van der Waals surface area (Å²) in [5.74, 6) is 0.248. The lowest BCUT2D eigenvalue weighted by atomic mass is 10.1. The topological polar surface area (TPSA) is 77.4 Å². The van der Waals surface area contributed by atoms with Crippen molar-refractivity contribution >= 4 is 18.3 Å². The van der Waals surface area contributed by atoms with Crippen LogP contribution in [0.1, 0.15) is 23.3 Å². The van der Waals surface area contributed by atoms with E-state index in [0.29, 0.717) is 24.7 Å². The van der Waals surface area contributed by atoms with Crippen molar-refractivity contribution in [2.24, 2.45) is 0 Å². The zero-order valence-electron chi connectivity index (χ0n) is 14.8. The fourth-order valence-corrected chi connectivity index (χ4v) is 2.80. The molecule has 0 unspecified atom stereocenters. The molecule has 0 aliphatic carbocycles. The number of ether oxygens (including phenoxy) is 2. The Labute approximate surface area is 159 Å². The van der Waals surface area contributed by atoms with Crippen LogP contribution in [0.15, 0.2) is 36.5 Å². The molecule has 7 nitrogen and oxygen atoms in total. The Balaban J connectivity index is 0.00000243. The normalized spacial score (nSPS) is 16.6. The summed E-state index contributed by atoms with van der Waals surface area (Å²) in [6.45, 7) is 2.59. The number of hydrogen-bond donors (Lipinski definition) is 2. The second-order valence-corrected chi connectivity index (χ2v) is 5.98. The molecule has 8 heteroatoms. The van der Waals surface area contributed by atoms with Crippen molar-refractivity contribution in [3.05, 3.63) is 42.2 Å². The molecule has 1 aromatic carbocycles. The van der Waals surface area contributed by atoms with Crippen molar-refractivity contribution in [3.8, 4) is 11.4 Å². The van der Waals surface area contributed by atoms with E-state index in [-0.39, 0.29) is 24.4 Å². The minimum Gasteiger partial charge on any atom is -0.487 e. The summed E-state index contributed by atoms with van der Waals surface area (Å²) in [6, 6.07) is 9.77. The Bertz CT molecular complexity index is 687. The maximum Gasteiger partial charge on any atom is 0.275 e. The van der Waals surface area contributed by atoms with E-state index in [1.54, 1.807) is 18.0 Å². The van der Waals surface area contributed by atoms with Crippen LogP contribution in [0.3, 0.4) is 0 Å². The van der Waals surface area contributed by atoms with Crippen LogP contribution in [0.5, 0.6) is 5.75 Å². The van der Waals surface area contributed by atoms with Crippen molar-refractivity contribution in [2.45, 2.75) is 18.9 Å². The fraction of sp³-hybridized carbons (Fsp3) is 0.444. The number of nitrogens with zero attached hydrogens (tertiary/aromatic N) is 2. The minimum atomic E-state index is -0.212. The molecular formula is C18H25ClN4O3. The van der Waals surface area contributed by atoms with Crippen molar-refractivity contribution in [3.63, 3.8) is 0 Å². The molecule has 0 saturated carbocycles. The van der Waals surface area contributed by atoms with Gasteiger partial charge >= 0.3 is 0 Å². The van der Waals surface area contributed by atoms with E-state index in [9.17, 15) is 4.79 Å². The van der Waals surface area contributed by atoms with Gasteiger partial charge in [0.1, 0.15) is 6.61 Å². The highest BCUT2D eigenvalue weighted by molar-refractivity contribution is 5.95. The molecule has 1 saturated heterocycles. The highest BCUT2D eigenvalue weighted by Crippen LogP contribution is 2.20. The average molecular weight is 381 g/mol. The first kappa shape index (κ1) is 20.2. The highest BCUT2D eigenvalue weighted by Gasteiger charge is 2.22. The van der Waals surface area contributed by atoms with Crippen LogP contribution in [-0.2, 0) is 4.74 Å². The summed E-state index contributed by atoms with van der Waals surface area (Å²) in [5.41, 5.74) is 1.17. The molecule has 1 aliphatic heterocycles. The van der Waals surface area contributed by atoms with Gasteiger partial charge in [0.15, 0.2) is 11.4 Å². The molecule has 142 valence electrons. The predicted molar refractivity (Wildman–Crippen MR) is 102 cm³/mol. The number of methoxy groups -OCH3 is 1. The van der Waals surface area contributed by atoms with Gasteiger partial charge in [-0.1, -0.05) is 18.2 Å². The quantitative estimate of drug-likeness (QED) is 0.716. The number of piperidine rings is 1. The molecule has 0 radical (unpaired) electrons. The summed E-state index contributed by atoms with van der Waals surface area (Å²) in [4.78, 5) is 12.7. The summed E-state index contributed by atoms with van der Waals surface area (Å²) in [6.07, 6.45) is 3.76. The van der Waals surface area contributed by atoms with Crippen molar-refractivity contribution in [2.75, 3.05) is 33.4 Å². The molecule has 1 aliphatic rings. The number of amides is 1. The first-order chi connectivity index (χ1) is 12.3. The molecular weight excluding hydrogens is 356 g/mol. The number of aromatic nitrogens is 2. The van der Waals surface area contributed by atoms with E-state index in [2.05, 4.69) is 15.7 Å². The Kier molecular flexibility index (Phi) is 7.90. The molecule has 0 bridgehead atoms. The van der Waals surface area contributed by atoms with E-state index < -0.39 is 0 Å². The number of benzene rings is 1. The molecule has 26 heavy (non-hydrogen) atoms. The Morgan fingerprint density at radius 1 is 1.35 bits per heavy atom. The summed E-state index contributed by atoms with van der Waals surface area (Å²) >= 11 is 0. The maximum atomic E-state index is 12.7. The van der Waals surface area contributed by atoms with Crippen LogP contribution in [0.4, 0.5) is 0 Å². The Morgan fingerprint density at radius 2 is 2.15 bits per heavy atom. The van der Waals surface area contributed by atoms with Gasteiger partial charge in [0.2, 0.25) is 0 Å². The van der Waals surface area contributed by atoms with E-state index in [1.165, 1.54) is 0 Å². The van der Waals surface area contributed by atoms with Crippen molar-refractivity contribution in [1.29, 1.82) is 0 Å². The number of rotatable bonds is 7. The lowest BCUT2D eigenvalue weighted by Crippen LogP contribution is -2.45. The van der Waals surface area contributed by atoms with E-state index in [1.807, 2.05) is 30.3 Å². The minimum absolute atomic E-state index is 0. The van der Waals surface area contributed by atoms with Gasteiger partial charge in [-0.15, -0.1) is 12.4 Å². The van der Waals surface area contributed by atoms with Gasteiger partial charge in [0, 0.05) is 19.7 Å². The first-order valence-electron chi connectivity index (χ1n) is 8.56. The summed E-state index contributed by atoms with van der Waals surface area (Å²) in [5, 5.41) is 10.8. The molecule has 1 atom stereocenters. The Morgan fingerprint density at radius 3 is 2.85 bits per heavy atom. The second kappa shape index (κ2) is 10.2. The number of nitrogens with one attached hydrogen (secondary N) is 2. The molecule has 0 spiro atoms. The highest BCUT2D eigenvalue weighted by atomic mass is 35.5.